The highest BCUT2D eigenvalue weighted by Gasteiger charge is 2.23. The van der Waals surface area contributed by atoms with Crippen molar-refractivity contribution in [2.24, 2.45) is 5.92 Å². The molecule has 0 spiro atoms. The van der Waals surface area contributed by atoms with Crippen molar-refractivity contribution in [3.05, 3.63) is 41.2 Å². The molecule has 1 fully saturated rings. The van der Waals surface area contributed by atoms with Crippen LogP contribution in [0.15, 0.2) is 34.9 Å². The third kappa shape index (κ3) is 5.47. The topological polar surface area (TPSA) is 58.4 Å². The van der Waals surface area contributed by atoms with Crippen molar-refractivity contribution in [3.8, 4) is 11.5 Å². The van der Waals surface area contributed by atoms with Crippen molar-refractivity contribution in [1.82, 2.24) is 15.2 Å². The molecule has 26 heavy (non-hydrogen) atoms. The Hall–Kier alpha value is -1.56. The first kappa shape index (κ1) is 20.7. The molecule has 0 bridgehead atoms. The van der Waals surface area contributed by atoms with E-state index >= 15 is 0 Å². The molecule has 0 atom stereocenters. The molecule has 1 saturated heterocycles. The summed E-state index contributed by atoms with van der Waals surface area (Å²) in [5, 5.41) is 4.06. The minimum atomic E-state index is 0. The van der Waals surface area contributed by atoms with Crippen LogP contribution in [0.5, 0.6) is 0 Å². The Balaban J connectivity index is 0.00000243. The van der Waals surface area contributed by atoms with Crippen molar-refractivity contribution in [2.45, 2.75) is 26.2 Å². The van der Waals surface area contributed by atoms with E-state index < -0.39 is 0 Å². The van der Waals surface area contributed by atoms with E-state index in [-0.39, 0.29) is 24.7 Å². The van der Waals surface area contributed by atoms with Gasteiger partial charge >= 0.3 is 0 Å². The number of halogens is 2. The lowest BCUT2D eigenvalue weighted by Crippen LogP contribution is -2.41. The second-order valence-corrected chi connectivity index (χ2v) is 6.90. The van der Waals surface area contributed by atoms with E-state index in [1.807, 2.05) is 17.0 Å². The van der Waals surface area contributed by atoms with Gasteiger partial charge in [-0.25, -0.2) is 4.98 Å². The third-order valence-electron chi connectivity index (χ3n) is 4.63. The number of hydrogen-bond donors (Lipinski definition) is 1. The molecule has 1 N–H and O–H groups in total. The molecular weight excluding hydrogens is 373 g/mol. The van der Waals surface area contributed by atoms with Crippen LogP contribution in [0.2, 0.25) is 5.02 Å². The number of nitrogens with one attached hydrogen (secondary N) is 1. The summed E-state index contributed by atoms with van der Waals surface area (Å²) >= 11 is 5.89. The van der Waals surface area contributed by atoms with Crippen molar-refractivity contribution in [2.75, 3.05) is 26.2 Å². The van der Waals surface area contributed by atoms with Crippen molar-refractivity contribution in [3.63, 3.8) is 0 Å². The summed E-state index contributed by atoms with van der Waals surface area (Å²) in [6.45, 7) is 5.83. The van der Waals surface area contributed by atoms with Crippen LogP contribution < -0.4 is 5.32 Å². The number of oxazole rings is 1. The number of likely N-dealkylation sites (tertiary alicyclic amines) is 1. The van der Waals surface area contributed by atoms with Crippen LogP contribution in [0.3, 0.4) is 0 Å². The van der Waals surface area contributed by atoms with Gasteiger partial charge in [-0.1, -0.05) is 18.5 Å². The van der Waals surface area contributed by atoms with Gasteiger partial charge in [0.15, 0.2) is 0 Å². The minimum absolute atomic E-state index is 0. The van der Waals surface area contributed by atoms with E-state index in [2.05, 4.69) is 17.2 Å². The maximum absolute atomic E-state index is 12.5. The average Bonchev–Trinajstić information content (AvgIpc) is 3.09. The van der Waals surface area contributed by atoms with E-state index in [0.29, 0.717) is 22.5 Å². The fourth-order valence-corrected chi connectivity index (χ4v) is 3.24. The number of hydrogen-bond acceptors (Lipinski definition) is 4. The zero-order valence-corrected chi connectivity index (χ0v) is 16.5. The summed E-state index contributed by atoms with van der Waals surface area (Å²) in [6.07, 6.45) is 3.98. The molecule has 2 heterocycles. The Morgan fingerprint density at radius 1 is 1.31 bits per heavy atom. The van der Waals surface area contributed by atoms with Crippen LogP contribution in [-0.2, 0) is 11.2 Å². The lowest BCUT2D eigenvalue weighted by Gasteiger charge is -2.32. The van der Waals surface area contributed by atoms with Gasteiger partial charge in [-0.15, -0.1) is 12.4 Å². The lowest BCUT2D eigenvalue weighted by molar-refractivity contribution is -0.131. The monoisotopic (exact) mass is 397 g/mol. The van der Waals surface area contributed by atoms with Crippen molar-refractivity contribution >= 4 is 29.9 Å². The number of carbonyl (C=O) groups excluding carboxylic acids is 1. The fourth-order valence-electron chi connectivity index (χ4n) is 3.11. The Kier molecular flexibility index (Phi) is 7.94. The van der Waals surface area contributed by atoms with Crippen LogP contribution >= 0.6 is 24.0 Å². The molecule has 1 aliphatic heterocycles. The SMILES string of the molecule is CCNCC1CCN(C(=O)Cc2coc(-c3ccc(Cl)cc3)n2)CC1.Cl. The normalized spacial score (nSPS) is 14.9. The number of aromatic nitrogens is 1. The molecule has 7 heteroatoms. The molecule has 0 radical (unpaired) electrons. The maximum atomic E-state index is 12.5. The first-order valence-corrected chi connectivity index (χ1v) is 9.22. The second kappa shape index (κ2) is 9.95. The summed E-state index contributed by atoms with van der Waals surface area (Å²) in [6, 6.07) is 7.30. The van der Waals surface area contributed by atoms with Gasteiger partial charge in [0, 0.05) is 23.7 Å². The second-order valence-electron chi connectivity index (χ2n) is 6.46. The first-order chi connectivity index (χ1) is 12.2. The van der Waals surface area contributed by atoms with E-state index in [1.165, 1.54) is 0 Å². The molecule has 2 aromatic rings. The number of nitrogens with zero attached hydrogens (tertiary/aromatic N) is 2. The molecule has 1 aliphatic rings. The van der Waals surface area contributed by atoms with Crippen LogP contribution in [0, 0.1) is 5.92 Å². The highest BCUT2D eigenvalue weighted by molar-refractivity contribution is 6.30. The summed E-state index contributed by atoms with van der Waals surface area (Å²) in [5.41, 5.74) is 1.53. The highest BCUT2D eigenvalue weighted by Crippen LogP contribution is 2.22. The molecular formula is C19H25Cl2N3O2. The third-order valence-corrected chi connectivity index (χ3v) is 4.88. The van der Waals surface area contributed by atoms with E-state index in [0.717, 1.165) is 44.6 Å². The fraction of sp³-hybridized carbons (Fsp3) is 0.474. The molecule has 0 aliphatic carbocycles. The molecule has 3 rings (SSSR count). The zero-order valence-electron chi connectivity index (χ0n) is 14.9. The van der Waals surface area contributed by atoms with Gasteiger partial charge in [-0.2, -0.15) is 0 Å². The minimum Gasteiger partial charge on any atom is -0.444 e. The molecule has 5 nitrogen and oxygen atoms in total. The van der Waals surface area contributed by atoms with Gasteiger partial charge < -0.3 is 14.6 Å². The first-order valence-electron chi connectivity index (χ1n) is 8.84. The number of rotatable bonds is 6. The molecule has 0 saturated carbocycles. The Morgan fingerprint density at radius 2 is 2.00 bits per heavy atom. The van der Waals surface area contributed by atoms with Gasteiger partial charge in [0.2, 0.25) is 11.8 Å². The Labute approximate surface area is 165 Å². The van der Waals surface area contributed by atoms with Crippen LogP contribution in [0.1, 0.15) is 25.5 Å². The summed E-state index contributed by atoms with van der Waals surface area (Å²) in [7, 11) is 0. The lowest BCUT2D eigenvalue weighted by atomic mass is 9.96. The molecule has 142 valence electrons. The van der Waals surface area contributed by atoms with Gasteiger partial charge in [-0.05, 0) is 56.1 Å². The van der Waals surface area contributed by atoms with E-state index in [1.54, 1.807) is 18.4 Å². The predicted octanol–water partition coefficient (Wildman–Crippen LogP) is 3.81. The average molecular weight is 398 g/mol. The Bertz CT molecular complexity index is 695. The summed E-state index contributed by atoms with van der Waals surface area (Å²) < 4.78 is 5.51. The largest absolute Gasteiger partial charge is 0.444 e. The van der Waals surface area contributed by atoms with E-state index in [4.69, 9.17) is 16.0 Å². The zero-order chi connectivity index (χ0) is 17.6. The number of piperidine rings is 1. The van der Waals surface area contributed by atoms with Gasteiger partial charge in [0.1, 0.15) is 6.26 Å². The molecule has 0 unspecified atom stereocenters. The van der Waals surface area contributed by atoms with Crippen LogP contribution in [-0.4, -0.2) is 42.0 Å². The Morgan fingerprint density at radius 3 is 2.65 bits per heavy atom. The van der Waals surface area contributed by atoms with Crippen LogP contribution in [0.4, 0.5) is 0 Å². The van der Waals surface area contributed by atoms with Crippen LogP contribution in [0.25, 0.3) is 11.5 Å². The summed E-state index contributed by atoms with van der Waals surface area (Å²) in [5.74, 6) is 1.31. The molecule has 1 aromatic heterocycles. The predicted molar refractivity (Wildman–Crippen MR) is 106 cm³/mol. The quantitative estimate of drug-likeness (QED) is 0.804. The van der Waals surface area contributed by atoms with E-state index in [9.17, 15) is 4.79 Å². The number of amides is 1. The maximum Gasteiger partial charge on any atom is 0.228 e. The van der Waals surface area contributed by atoms with Crippen molar-refractivity contribution < 1.29 is 9.21 Å². The standard InChI is InChI=1S/C19H24ClN3O2.ClH/c1-2-21-12-14-7-9-23(10-8-14)18(24)11-17-13-25-19(22-17)15-3-5-16(20)6-4-15;/h3-6,13-14,21H,2,7-12H2,1H3;1H. The number of benzene rings is 1. The van der Waals surface area contributed by atoms with Gasteiger partial charge in [0.05, 0.1) is 12.1 Å². The smallest absolute Gasteiger partial charge is 0.228 e. The van der Waals surface area contributed by atoms with Gasteiger partial charge in [0.25, 0.3) is 0 Å². The summed E-state index contributed by atoms with van der Waals surface area (Å²) in [4.78, 5) is 18.9. The van der Waals surface area contributed by atoms with Gasteiger partial charge in [-0.3, -0.25) is 4.79 Å². The number of carbonyl (C=O) groups is 1. The highest BCUT2D eigenvalue weighted by atomic mass is 35.5. The molecule has 1 amide bonds. The van der Waals surface area contributed by atoms with Crippen molar-refractivity contribution in [1.29, 1.82) is 0 Å². The molecule has 1 aromatic carbocycles.